The Hall–Kier alpha value is -1.88. The minimum atomic E-state index is 0.566. The van der Waals surface area contributed by atoms with Gasteiger partial charge in [0.2, 0.25) is 0 Å². The Balaban J connectivity index is 1.76. The van der Waals surface area contributed by atoms with Crippen molar-refractivity contribution >= 4 is 5.82 Å². The first kappa shape index (κ1) is 11.2. The van der Waals surface area contributed by atoms with Gasteiger partial charge in [0.15, 0.2) is 5.82 Å². The average molecular weight is 243 g/mol. The smallest absolute Gasteiger partial charge is 0.151 e. The fourth-order valence-corrected chi connectivity index (χ4v) is 2.34. The van der Waals surface area contributed by atoms with Crippen LogP contribution in [-0.2, 0) is 0 Å². The van der Waals surface area contributed by atoms with Gasteiger partial charge in [-0.2, -0.15) is 0 Å². The second-order valence-corrected chi connectivity index (χ2v) is 4.60. The van der Waals surface area contributed by atoms with Crippen molar-refractivity contribution in [1.29, 1.82) is 0 Å². The number of likely N-dealkylation sites (N-methyl/N-ethyl adjacent to an activating group) is 1. The highest BCUT2D eigenvalue weighted by Crippen LogP contribution is 2.20. The average Bonchev–Trinajstić information content (AvgIpc) is 3.10. The molecule has 1 aliphatic heterocycles. The molecule has 94 valence electrons. The number of hydrogen-bond acceptors (Lipinski definition) is 4. The van der Waals surface area contributed by atoms with Gasteiger partial charge in [0, 0.05) is 37.1 Å². The molecule has 1 unspecified atom stereocenters. The highest BCUT2D eigenvalue weighted by atomic mass is 15.3. The lowest BCUT2D eigenvalue weighted by Crippen LogP contribution is -2.29. The first-order valence-corrected chi connectivity index (χ1v) is 6.26. The summed E-state index contributed by atoms with van der Waals surface area (Å²) in [5.74, 6) is 0.965. The van der Waals surface area contributed by atoms with Crippen LogP contribution < -0.4 is 10.2 Å². The van der Waals surface area contributed by atoms with E-state index in [2.05, 4.69) is 25.4 Å². The van der Waals surface area contributed by atoms with Gasteiger partial charge in [0.05, 0.1) is 5.69 Å². The molecule has 2 N–H and O–H groups in total. The molecule has 2 aromatic rings. The van der Waals surface area contributed by atoms with Crippen LogP contribution in [0.25, 0.3) is 11.3 Å². The summed E-state index contributed by atoms with van der Waals surface area (Å²) in [6.45, 7) is 2.05. The van der Waals surface area contributed by atoms with Crippen LogP contribution in [0.2, 0.25) is 0 Å². The molecular weight excluding hydrogens is 226 g/mol. The van der Waals surface area contributed by atoms with Crippen LogP contribution in [-0.4, -0.2) is 41.4 Å². The molecule has 1 fully saturated rings. The number of rotatable bonds is 3. The third kappa shape index (κ3) is 2.09. The molecule has 1 saturated heterocycles. The molecule has 0 aromatic carbocycles. The van der Waals surface area contributed by atoms with Crippen molar-refractivity contribution in [2.75, 3.05) is 25.0 Å². The molecule has 1 aliphatic rings. The predicted octanol–water partition coefficient (Wildman–Crippen LogP) is 1.27. The number of aromatic amines is 1. The molecule has 1 atom stereocenters. The highest BCUT2D eigenvalue weighted by molar-refractivity contribution is 5.58. The van der Waals surface area contributed by atoms with E-state index in [1.54, 1.807) is 0 Å². The van der Waals surface area contributed by atoms with E-state index in [1.165, 1.54) is 0 Å². The summed E-state index contributed by atoms with van der Waals surface area (Å²) in [5, 5.41) is 11.9. The van der Waals surface area contributed by atoms with Gasteiger partial charge in [-0.3, -0.25) is 0 Å². The van der Waals surface area contributed by atoms with Gasteiger partial charge in [-0.15, -0.1) is 10.2 Å². The topological polar surface area (TPSA) is 56.8 Å². The van der Waals surface area contributed by atoms with Gasteiger partial charge in [0.25, 0.3) is 0 Å². The van der Waals surface area contributed by atoms with E-state index in [0.717, 1.165) is 36.6 Å². The van der Waals surface area contributed by atoms with Crippen molar-refractivity contribution in [3.63, 3.8) is 0 Å². The molecule has 2 aromatic heterocycles. The lowest BCUT2D eigenvalue weighted by atomic mass is 10.2. The summed E-state index contributed by atoms with van der Waals surface area (Å²) in [6, 6.07) is 6.64. The van der Waals surface area contributed by atoms with E-state index in [9.17, 15) is 0 Å². The van der Waals surface area contributed by atoms with E-state index in [4.69, 9.17) is 0 Å². The summed E-state index contributed by atoms with van der Waals surface area (Å²) in [5.41, 5.74) is 1.98. The first-order valence-electron chi connectivity index (χ1n) is 6.26. The number of aromatic nitrogens is 3. The van der Waals surface area contributed by atoms with Crippen LogP contribution in [0, 0.1) is 0 Å². The second kappa shape index (κ2) is 4.78. The molecule has 3 heterocycles. The fraction of sp³-hybridized carbons (Fsp3) is 0.385. The fourth-order valence-electron chi connectivity index (χ4n) is 2.34. The van der Waals surface area contributed by atoms with Crippen LogP contribution in [0.3, 0.4) is 0 Å². The van der Waals surface area contributed by atoms with Crippen molar-refractivity contribution in [3.05, 3.63) is 30.6 Å². The summed E-state index contributed by atoms with van der Waals surface area (Å²) < 4.78 is 0. The molecule has 18 heavy (non-hydrogen) atoms. The molecule has 0 saturated carbocycles. The van der Waals surface area contributed by atoms with Crippen molar-refractivity contribution in [2.24, 2.45) is 0 Å². The summed E-state index contributed by atoms with van der Waals surface area (Å²) in [6.07, 6.45) is 4.98. The lowest BCUT2D eigenvalue weighted by molar-refractivity contribution is 0.616. The van der Waals surface area contributed by atoms with Crippen LogP contribution in [0.15, 0.2) is 30.6 Å². The maximum absolute atomic E-state index is 4.32. The monoisotopic (exact) mass is 243 g/mol. The molecular formula is C13H17N5. The molecule has 0 spiro atoms. The molecule has 0 bridgehead atoms. The van der Waals surface area contributed by atoms with Gasteiger partial charge in [-0.25, -0.2) is 0 Å². The lowest BCUT2D eigenvalue weighted by Gasteiger charge is -2.16. The molecule has 0 radical (unpaired) electrons. The largest absolute Gasteiger partial charge is 0.367 e. The van der Waals surface area contributed by atoms with E-state index < -0.39 is 0 Å². The van der Waals surface area contributed by atoms with E-state index in [-0.39, 0.29) is 0 Å². The zero-order chi connectivity index (χ0) is 12.4. The van der Waals surface area contributed by atoms with Crippen LogP contribution in [0.5, 0.6) is 0 Å². The Morgan fingerprint density at radius 3 is 2.89 bits per heavy atom. The van der Waals surface area contributed by atoms with Gasteiger partial charge >= 0.3 is 0 Å². The van der Waals surface area contributed by atoms with Crippen molar-refractivity contribution < 1.29 is 0 Å². The van der Waals surface area contributed by atoms with Gasteiger partial charge in [0.1, 0.15) is 0 Å². The third-order valence-electron chi connectivity index (χ3n) is 3.46. The minimum Gasteiger partial charge on any atom is -0.367 e. The first-order chi connectivity index (χ1) is 8.86. The standard InChI is InChI=1S/C13H17N5/c1-14-11-5-7-18(9-11)13-3-2-12(16-17-13)10-4-6-15-8-10/h2-4,6,8,11,14-15H,5,7,9H2,1H3. The van der Waals surface area contributed by atoms with E-state index >= 15 is 0 Å². The van der Waals surface area contributed by atoms with Crippen molar-refractivity contribution in [3.8, 4) is 11.3 Å². The van der Waals surface area contributed by atoms with Crippen LogP contribution in [0.1, 0.15) is 6.42 Å². The quantitative estimate of drug-likeness (QED) is 0.852. The zero-order valence-corrected chi connectivity index (χ0v) is 10.4. The third-order valence-corrected chi connectivity index (χ3v) is 3.46. The second-order valence-electron chi connectivity index (χ2n) is 4.60. The Bertz CT molecular complexity index is 491. The van der Waals surface area contributed by atoms with Crippen LogP contribution >= 0.6 is 0 Å². The Morgan fingerprint density at radius 1 is 1.33 bits per heavy atom. The number of nitrogens with one attached hydrogen (secondary N) is 2. The number of hydrogen-bond donors (Lipinski definition) is 2. The summed E-state index contributed by atoms with van der Waals surface area (Å²) in [7, 11) is 2.01. The zero-order valence-electron chi connectivity index (χ0n) is 10.4. The number of anilines is 1. The number of H-pyrrole nitrogens is 1. The van der Waals surface area contributed by atoms with Crippen LogP contribution in [0.4, 0.5) is 5.82 Å². The molecule has 0 amide bonds. The molecule has 5 heteroatoms. The highest BCUT2D eigenvalue weighted by Gasteiger charge is 2.22. The maximum atomic E-state index is 4.32. The maximum Gasteiger partial charge on any atom is 0.151 e. The Kier molecular flexibility index (Phi) is 2.98. The Morgan fingerprint density at radius 2 is 2.28 bits per heavy atom. The van der Waals surface area contributed by atoms with Gasteiger partial charge in [-0.05, 0) is 31.7 Å². The van der Waals surface area contributed by atoms with Gasteiger partial charge in [-0.1, -0.05) is 0 Å². The molecule has 0 aliphatic carbocycles. The SMILES string of the molecule is CNC1CCN(c2ccc(-c3cc[nH]c3)nn2)C1. The molecule has 5 nitrogen and oxygen atoms in total. The normalized spacial score (nSPS) is 19.4. The summed E-state index contributed by atoms with van der Waals surface area (Å²) >= 11 is 0. The van der Waals surface area contributed by atoms with Crippen molar-refractivity contribution in [1.82, 2.24) is 20.5 Å². The van der Waals surface area contributed by atoms with Crippen molar-refractivity contribution in [2.45, 2.75) is 12.5 Å². The minimum absolute atomic E-state index is 0.566. The van der Waals surface area contributed by atoms with E-state index in [1.807, 2.05) is 37.6 Å². The summed E-state index contributed by atoms with van der Waals surface area (Å²) in [4.78, 5) is 5.30. The Labute approximate surface area is 106 Å². The number of nitrogens with zero attached hydrogens (tertiary/aromatic N) is 3. The predicted molar refractivity (Wildman–Crippen MR) is 71.5 cm³/mol. The molecule has 3 rings (SSSR count). The van der Waals surface area contributed by atoms with Gasteiger partial charge < -0.3 is 15.2 Å². The van der Waals surface area contributed by atoms with E-state index in [0.29, 0.717) is 6.04 Å².